The quantitative estimate of drug-likeness (QED) is 0.263. The minimum Gasteiger partial charge on any atom is -0.323 e. The van der Waals surface area contributed by atoms with E-state index < -0.39 is 0 Å². The number of carbonyl (C=O) groups excluding carboxylic acids is 1. The predicted molar refractivity (Wildman–Crippen MR) is 140 cm³/mol. The molecular formula is C30H34KN3O. The van der Waals surface area contributed by atoms with Crippen LogP contribution in [0.1, 0.15) is 61.0 Å². The monoisotopic (exact) mass is 491 g/mol. The molecule has 2 N–H and O–H groups in total. The van der Waals surface area contributed by atoms with Gasteiger partial charge in [0.2, 0.25) is 0 Å². The second kappa shape index (κ2) is 16.5. The van der Waals surface area contributed by atoms with Crippen LogP contribution in [0.2, 0.25) is 0 Å². The summed E-state index contributed by atoms with van der Waals surface area (Å²) in [7, 11) is 0. The van der Waals surface area contributed by atoms with Crippen LogP contribution in [0.15, 0.2) is 109 Å². The number of hydrogen-bond donors (Lipinski definition) is 1. The van der Waals surface area contributed by atoms with Gasteiger partial charge in [-0.05, 0) is 17.7 Å². The van der Waals surface area contributed by atoms with E-state index in [0.717, 1.165) is 28.8 Å². The van der Waals surface area contributed by atoms with Crippen molar-refractivity contribution in [3.63, 3.8) is 0 Å². The van der Waals surface area contributed by atoms with Gasteiger partial charge in [-0.25, -0.2) is 0 Å². The van der Waals surface area contributed by atoms with Crippen molar-refractivity contribution in [3.05, 3.63) is 138 Å². The molecule has 0 spiro atoms. The predicted octanol–water partition coefficient (Wildman–Crippen LogP) is 3.61. The Balaban J connectivity index is 0.000000287. The largest absolute Gasteiger partial charge is 1.00 e. The summed E-state index contributed by atoms with van der Waals surface area (Å²) >= 11 is 0. The molecule has 0 radical (unpaired) electrons. The van der Waals surface area contributed by atoms with Crippen molar-refractivity contribution in [1.29, 1.82) is 0 Å². The van der Waals surface area contributed by atoms with E-state index in [-0.39, 0.29) is 62.8 Å². The number of aldehydes is 1. The number of nitrogens with zero attached hydrogens (tertiary/aromatic N) is 2. The molecule has 5 heteroatoms. The Bertz CT molecular complexity index is 1070. The molecule has 0 saturated heterocycles. The average molecular weight is 492 g/mol. The standard InChI is InChI=1S/C15H18N2.C8H10N.C7H6O.K/c1-15(2,13-10-6-7-11-17-13)14(16)12-8-4-3-5-9-12;1-7(2)8-5-3-4-6-9-8;8-6-7-4-2-1-3-5-7;/h3-11,14H,16H2,1-2H3;3-6H,1-2H3;1-6H;/q;-1;;+1. The molecule has 35 heavy (non-hydrogen) atoms. The van der Waals surface area contributed by atoms with E-state index in [0.29, 0.717) is 0 Å². The topological polar surface area (TPSA) is 68.9 Å². The molecule has 0 aliphatic carbocycles. The smallest absolute Gasteiger partial charge is 0.323 e. The van der Waals surface area contributed by atoms with E-state index in [1.165, 1.54) is 5.92 Å². The molecule has 2 heterocycles. The van der Waals surface area contributed by atoms with E-state index in [2.05, 4.69) is 49.8 Å². The molecule has 176 valence electrons. The maximum Gasteiger partial charge on any atom is 1.00 e. The van der Waals surface area contributed by atoms with E-state index >= 15 is 0 Å². The van der Waals surface area contributed by atoms with Gasteiger partial charge >= 0.3 is 51.4 Å². The second-order valence-electron chi connectivity index (χ2n) is 8.57. The molecule has 1 unspecified atom stereocenters. The molecule has 0 aliphatic rings. The number of carbonyl (C=O) groups is 1. The first kappa shape index (κ1) is 30.9. The van der Waals surface area contributed by atoms with E-state index in [1.54, 1.807) is 12.1 Å². The number of rotatable bonds is 5. The van der Waals surface area contributed by atoms with Crippen molar-refractivity contribution in [2.24, 2.45) is 5.73 Å². The minimum atomic E-state index is -0.178. The zero-order valence-corrected chi connectivity index (χ0v) is 24.6. The summed E-state index contributed by atoms with van der Waals surface area (Å²) in [6.45, 7) is 8.38. The Morgan fingerprint density at radius 1 is 0.771 bits per heavy atom. The van der Waals surface area contributed by atoms with Gasteiger partial charge in [-0.1, -0.05) is 92.3 Å². The second-order valence-corrected chi connectivity index (χ2v) is 8.57. The Labute approximate surface area is 252 Å². The average Bonchev–Trinajstić information content (AvgIpc) is 2.91. The van der Waals surface area contributed by atoms with Gasteiger partial charge in [-0.2, -0.15) is 12.0 Å². The number of hydrogen-bond acceptors (Lipinski definition) is 4. The van der Waals surface area contributed by atoms with E-state index in [1.807, 2.05) is 85.2 Å². The first-order valence-corrected chi connectivity index (χ1v) is 11.3. The molecule has 1 atom stereocenters. The van der Waals surface area contributed by atoms with Gasteiger partial charge in [0, 0.05) is 35.1 Å². The molecule has 4 aromatic rings. The molecule has 0 saturated carbocycles. The van der Waals surface area contributed by atoms with Crippen molar-refractivity contribution >= 4 is 6.29 Å². The summed E-state index contributed by atoms with van der Waals surface area (Å²) in [6, 6.07) is 31.1. The Kier molecular flexibility index (Phi) is 14.6. The molecule has 2 aromatic heterocycles. The van der Waals surface area contributed by atoms with Crippen molar-refractivity contribution in [2.45, 2.75) is 39.2 Å². The van der Waals surface area contributed by atoms with Crippen LogP contribution >= 0.6 is 0 Å². The van der Waals surface area contributed by atoms with Crippen molar-refractivity contribution in [2.75, 3.05) is 0 Å². The van der Waals surface area contributed by atoms with Gasteiger partial charge in [0.15, 0.2) is 0 Å². The first-order valence-electron chi connectivity index (χ1n) is 11.3. The van der Waals surface area contributed by atoms with E-state index in [9.17, 15) is 4.79 Å². The molecular weight excluding hydrogens is 457 g/mol. The zero-order valence-electron chi connectivity index (χ0n) is 21.4. The maximum absolute atomic E-state index is 10.0. The number of aromatic nitrogens is 2. The van der Waals surface area contributed by atoms with Crippen molar-refractivity contribution in [3.8, 4) is 0 Å². The summed E-state index contributed by atoms with van der Waals surface area (Å²) in [5.41, 5.74) is 10.2. The zero-order chi connectivity index (χ0) is 24.8. The maximum atomic E-state index is 10.0. The van der Waals surface area contributed by atoms with Crippen LogP contribution in [-0.2, 0) is 5.41 Å². The molecule has 0 amide bonds. The van der Waals surface area contributed by atoms with Crippen LogP contribution in [0.5, 0.6) is 0 Å². The summed E-state index contributed by atoms with van der Waals surface area (Å²) in [6.07, 6.45) is 4.46. The molecule has 2 aromatic carbocycles. The minimum absolute atomic E-state index is 0. The van der Waals surface area contributed by atoms with Gasteiger partial charge < -0.3 is 5.73 Å². The number of pyridine rings is 2. The van der Waals surface area contributed by atoms with Crippen LogP contribution in [0.25, 0.3) is 0 Å². The first-order chi connectivity index (χ1) is 16.4. The Morgan fingerprint density at radius 3 is 1.69 bits per heavy atom. The Morgan fingerprint density at radius 2 is 1.29 bits per heavy atom. The number of benzene rings is 2. The fourth-order valence-electron chi connectivity index (χ4n) is 3.17. The van der Waals surface area contributed by atoms with Crippen molar-refractivity contribution < 1.29 is 56.2 Å². The van der Waals surface area contributed by atoms with Crippen LogP contribution in [0.3, 0.4) is 0 Å². The van der Waals surface area contributed by atoms with Gasteiger partial charge in [-0.15, -0.1) is 19.9 Å². The van der Waals surface area contributed by atoms with E-state index in [4.69, 9.17) is 5.73 Å². The molecule has 0 aliphatic heterocycles. The van der Waals surface area contributed by atoms with Crippen molar-refractivity contribution in [1.82, 2.24) is 9.97 Å². The molecule has 0 fully saturated rings. The summed E-state index contributed by atoms with van der Waals surface area (Å²) in [5.74, 6) is 1.26. The fraction of sp³-hybridized carbons (Fsp3) is 0.200. The third-order valence-electron chi connectivity index (χ3n) is 5.37. The summed E-state index contributed by atoms with van der Waals surface area (Å²) in [4.78, 5) is 18.6. The molecule has 0 bridgehead atoms. The molecule has 4 rings (SSSR count). The van der Waals surface area contributed by atoms with Crippen LogP contribution in [0, 0.1) is 5.92 Å². The fourth-order valence-corrected chi connectivity index (χ4v) is 3.17. The third-order valence-corrected chi connectivity index (χ3v) is 5.37. The van der Waals surface area contributed by atoms with Gasteiger partial charge in [0.1, 0.15) is 6.29 Å². The van der Waals surface area contributed by atoms with Crippen LogP contribution < -0.4 is 57.1 Å². The normalized spacial score (nSPS) is 10.8. The SMILES string of the molecule is CC(C)(c1ccccn1)C(N)c1ccccc1.C[C-](C)c1ccccn1.O=Cc1ccccc1.[K+]. The van der Waals surface area contributed by atoms with Gasteiger partial charge in [0.25, 0.3) is 0 Å². The van der Waals surface area contributed by atoms with Crippen LogP contribution in [-0.4, -0.2) is 16.3 Å². The number of nitrogens with two attached hydrogens (primary N) is 1. The molecule has 4 nitrogen and oxygen atoms in total. The summed E-state index contributed by atoms with van der Waals surface area (Å²) < 4.78 is 0. The third kappa shape index (κ3) is 10.6. The van der Waals surface area contributed by atoms with Gasteiger partial charge in [0.05, 0.1) is 0 Å². The van der Waals surface area contributed by atoms with Crippen LogP contribution in [0.4, 0.5) is 0 Å². The summed E-state index contributed by atoms with van der Waals surface area (Å²) in [5, 5.41) is 0. The van der Waals surface area contributed by atoms with Gasteiger partial charge in [-0.3, -0.25) is 14.8 Å². The Hall–Kier alpha value is -2.12.